The van der Waals surface area contributed by atoms with Gasteiger partial charge in [-0.25, -0.2) is 19.3 Å². The fourth-order valence-electron chi connectivity index (χ4n) is 4.86. The molecule has 2 aliphatic heterocycles. The summed E-state index contributed by atoms with van der Waals surface area (Å²) in [6.45, 7) is 10.3. The van der Waals surface area contributed by atoms with Crippen molar-refractivity contribution < 1.29 is 42.9 Å². The van der Waals surface area contributed by atoms with Gasteiger partial charge < -0.3 is 23.8 Å². The Hall–Kier alpha value is -3.89. The summed E-state index contributed by atoms with van der Waals surface area (Å²) in [5, 5.41) is 0. The lowest BCUT2D eigenvalue weighted by atomic mass is 9.72. The van der Waals surface area contributed by atoms with Crippen molar-refractivity contribution in [2.24, 2.45) is 5.41 Å². The van der Waals surface area contributed by atoms with Crippen molar-refractivity contribution in [3.05, 3.63) is 41.5 Å². The van der Waals surface area contributed by atoms with E-state index in [0.29, 0.717) is 10.6 Å². The van der Waals surface area contributed by atoms with Crippen molar-refractivity contribution in [1.29, 1.82) is 0 Å². The molecular weight excluding hydrogens is 520 g/mol. The van der Waals surface area contributed by atoms with E-state index in [-0.39, 0.29) is 25.1 Å². The van der Waals surface area contributed by atoms with Gasteiger partial charge in [0.1, 0.15) is 23.0 Å². The number of carbonyl (C=O) groups excluding carboxylic acids is 5. The summed E-state index contributed by atoms with van der Waals surface area (Å²) >= 11 is 0. The standard InChI is InChI=1S/C29H38N2O9/c1-27(2,3)39-22(32)15-19-13-14-30(17-18-9-11-20(37-7)12-10-18)24(34)29(19)16-21(23(33)38-8)31(25(29)35)26(36)40-28(4,5)6/h9-12,15,21H,13-14,16-17H2,1-8H3/b19-15+/t21-,29-/m1/s1. The number of piperidine rings is 1. The summed E-state index contributed by atoms with van der Waals surface area (Å²) in [6.07, 6.45) is -0.201. The van der Waals surface area contributed by atoms with Gasteiger partial charge in [-0.15, -0.1) is 0 Å². The number of imide groups is 1. The minimum Gasteiger partial charge on any atom is -0.497 e. The van der Waals surface area contributed by atoms with Crippen LogP contribution in [0.15, 0.2) is 35.9 Å². The number of hydrogen-bond acceptors (Lipinski definition) is 9. The molecule has 0 N–H and O–H groups in total. The largest absolute Gasteiger partial charge is 0.497 e. The molecule has 3 amide bonds. The second-order valence-electron chi connectivity index (χ2n) is 11.8. The van der Waals surface area contributed by atoms with E-state index in [4.69, 9.17) is 18.9 Å². The first kappa shape index (κ1) is 30.6. The lowest BCUT2D eigenvalue weighted by molar-refractivity contribution is -0.153. The molecule has 2 heterocycles. The van der Waals surface area contributed by atoms with E-state index in [1.165, 1.54) is 4.90 Å². The van der Waals surface area contributed by atoms with Crippen molar-refractivity contribution in [3.8, 4) is 5.75 Å². The molecule has 3 rings (SSSR count). The van der Waals surface area contributed by atoms with Crippen molar-refractivity contribution in [2.75, 3.05) is 20.8 Å². The molecule has 2 fully saturated rings. The van der Waals surface area contributed by atoms with Crippen LogP contribution >= 0.6 is 0 Å². The molecule has 0 saturated carbocycles. The van der Waals surface area contributed by atoms with Crippen LogP contribution in [0.3, 0.4) is 0 Å². The third-order valence-corrected chi connectivity index (χ3v) is 6.54. The van der Waals surface area contributed by atoms with Gasteiger partial charge in [-0.3, -0.25) is 9.59 Å². The van der Waals surface area contributed by atoms with Gasteiger partial charge in [-0.05, 0) is 71.2 Å². The van der Waals surface area contributed by atoms with Crippen molar-refractivity contribution in [3.63, 3.8) is 0 Å². The predicted molar refractivity (Wildman–Crippen MR) is 143 cm³/mol. The summed E-state index contributed by atoms with van der Waals surface area (Å²) in [7, 11) is 2.67. The Kier molecular flexibility index (Phi) is 8.66. The zero-order valence-corrected chi connectivity index (χ0v) is 24.4. The number of amides is 3. The second kappa shape index (κ2) is 11.3. The number of hydrogen-bond donors (Lipinski definition) is 0. The maximum Gasteiger partial charge on any atom is 0.417 e. The summed E-state index contributed by atoms with van der Waals surface area (Å²) in [4.78, 5) is 69.4. The van der Waals surface area contributed by atoms with Crippen molar-refractivity contribution in [2.45, 2.75) is 78.2 Å². The highest BCUT2D eigenvalue weighted by atomic mass is 16.6. The van der Waals surface area contributed by atoms with E-state index < -0.39 is 58.9 Å². The molecular formula is C29H38N2O9. The molecule has 11 heteroatoms. The Morgan fingerprint density at radius 1 is 0.950 bits per heavy atom. The van der Waals surface area contributed by atoms with E-state index in [9.17, 15) is 24.0 Å². The van der Waals surface area contributed by atoms with Gasteiger partial charge in [0.15, 0.2) is 5.41 Å². The molecule has 1 aromatic carbocycles. The molecule has 1 aromatic rings. The Labute approximate surface area is 234 Å². The Morgan fingerprint density at radius 2 is 1.55 bits per heavy atom. The predicted octanol–water partition coefficient (Wildman–Crippen LogP) is 3.39. The van der Waals surface area contributed by atoms with E-state index in [2.05, 4.69) is 0 Å². The van der Waals surface area contributed by atoms with E-state index in [1.807, 2.05) is 0 Å². The monoisotopic (exact) mass is 558 g/mol. The number of carbonyl (C=O) groups is 5. The Balaban J connectivity index is 2.10. The number of nitrogens with zero attached hydrogens (tertiary/aromatic N) is 2. The van der Waals surface area contributed by atoms with E-state index in [0.717, 1.165) is 18.7 Å². The first-order valence-corrected chi connectivity index (χ1v) is 13.0. The number of likely N-dealkylation sites (tertiary alicyclic amines) is 2. The van der Waals surface area contributed by atoms with Gasteiger partial charge in [0.25, 0.3) is 5.91 Å². The summed E-state index contributed by atoms with van der Waals surface area (Å²) < 4.78 is 21.0. The number of esters is 2. The SMILES string of the molecule is COC(=O)[C@H]1C[C@@]2(C(=O)N(Cc3ccc(OC)cc3)CC/C2=C\C(=O)OC(C)(C)C)C(=O)N1C(=O)OC(C)(C)C. The summed E-state index contributed by atoms with van der Waals surface area (Å²) in [6, 6.07) is 5.67. The van der Waals surface area contributed by atoms with Gasteiger partial charge >= 0.3 is 18.0 Å². The number of benzene rings is 1. The van der Waals surface area contributed by atoms with Crippen LogP contribution in [0.1, 0.15) is 59.9 Å². The third kappa shape index (κ3) is 6.46. The van der Waals surface area contributed by atoms with Crippen LogP contribution in [-0.2, 0) is 39.9 Å². The topological polar surface area (TPSA) is 129 Å². The van der Waals surface area contributed by atoms with Crippen LogP contribution < -0.4 is 4.74 Å². The molecule has 11 nitrogen and oxygen atoms in total. The lowest BCUT2D eigenvalue weighted by Crippen LogP contribution is -2.54. The molecule has 2 saturated heterocycles. The molecule has 0 radical (unpaired) electrons. The first-order chi connectivity index (χ1) is 18.5. The van der Waals surface area contributed by atoms with E-state index >= 15 is 0 Å². The van der Waals surface area contributed by atoms with Gasteiger partial charge in [0.05, 0.1) is 14.2 Å². The Bertz CT molecular complexity index is 1210. The van der Waals surface area contributed by atoms with Crippen LogP contribution in [0.4, 0.5) is 4.79 Å². The van der Waals surface area contributed by atoms with Gasteiger partial charge in [0.2, 0.25) is 5.91 Å². The molecule has 1 spiro atoms. The number of ether oxygens (including phenoxy) is 4. The normalized spacial score (nSPS) is 22.5. The van der Waals surface area contributed by atoms with Gasteiger partial charge in [0, 0.05) is 25.6 Å². The Morgan fingerprint density at radius 3 is 2.08 bits per heavy atom. The van der Waals surface area contributed by atoms with Crippen molar-refractivity contribution >= 4 is 29.8 Å². The average molecular weight is 559 g/mol. The number of rotatable bonds is 5. The summed E-state index contributed by atoms with van der Waals surface area (Å²) in [5.41, 5.74) is -2.86. The second-order valence-corrected chi connectivity index (χ2v) is 11.8. The molecule has 2 aliphatic rings. The molecule has 0 aliphatic carbocycles. The van der Waals surface area contributed by atoms with Crippen LogP contribution in [0.2, 0.25) is 0 Å². The van der Waals surface area contributed by atoms with Crippen LogP contribution in [-0.4, -0.2) is 77.7 Å². The smallest absolute Gasteiger partial charge is 0.417 e. The minimum absolute atomic E-state index is 0.142. The third-order valence-electron chi connectivity index (χ3n) is 6.54. The molecule has 218 valence electrons. The van der Waals surface area contributed by atoms with Crippen LogP contribution in [0.5, 0.6) is 5.75 Å². The fraction of sp³-hybridized carbons (Fsp3) is 0.552. The van der Waals surface area contributed by atoms with Crippen molar-refractivity contribution in [1.82, 2.24) is 9.80 Å². The average Bonchev–Trinajstić information content (AvgIpc) is 3.15. The lowest BCUT2D eigenvalue weighted by Gasteiger charge is -2.40. The molecule has 0 unspecified atom stereocenters. The highest BCUT2D eigenvalue weighted by Gasteiger charge is 2.65. The van der Waals surface area contributed by atoms with E-state index in [1.54, 1.807) is 72.9 Å². The first-order valence-electron chi connectivity index (χ1n) is 13.0. The maximum absolute atomic E-state index is 14.2. The molecule has 2 atom stereocenters. The summed E-state index contributed by atoms with van der Waals surface area (Å²) in [5.74, 6) is -2.55. The quantitative estimate of drug-likeness (QED) is 0.231. The van der Waals surface area contributed by atoms with Crippen LogP contribution in [0.25, 0.3) is 0 Å². The zero-order valence-electron chi connectivity index (χ0n) is 24.4. The van der Waals surface area contributed by atoms with Gasteiger partial charge in [-0.2, -0.15) is 0 Å². The number of methoxy groups -OCH3 is 2. The minimum atomic E-state index is -2.00. The highest BCUT2D eigenvalue weighted by Crippen LogP contribution is 2.48. The molecule has 0 bridgehead atoms. The van der Waals surface area contributed by atoms with Gasteiger partial charge in [-0.1, -0.05) is 12.1 Å². The highest BCUT2D eigenvalue weighted by molar-refractivity contribution is 6.16. The fourth-order valence-corrected chi connectivity index (χ4v) is 4.86. The zero-order chi connectivity index (χ0) is 30.0. The van der Waals surface area contributed by atoms with Crippen LogP contribution in [0, 0.1) is 5.41 Å². The molecule has 0 aromatic heterocycles. The molecule has 40 heavy (non-hydrogen) atoms. The maximum atomic E-state index is 14.2.